The van der Waals surface area contributed by atoms with E-state index in [2.05, 4.69) is 27.7 Å². The summed E-state index contributed by atoms with van der Waals surface area (Å²) in [7, 11) is 0. The Morgan fingerprint density at radius 2 is 1.95 bits per heavy atom. The zero-order chi connectivity index (χ0) is 16.2. The first-order chi connectivity index (χ1) is 10.3. The summed E-state index contributed by atoms with van der Waals surface area (Å²) in [6.07, 6.45) is 3.49. The second-order valence-electron chi connectivity index (χ2n) is 8.42. The van der Waals surface area contributed by atoms with Crippen LogP contribution in [0.15, 0.2) is 0 Å². The van der Waals surface area contributed by atoms with Crippen molar-refractivity contribution in [3.8, 4) is 0 Å². The fourth-order valence-electron chi connectivity index (χ4n) is 4.49. The van der Waals surface area contributed by atoms with E-state index in [9.17, 15) is 5.11 Å². The van der Waals surface area contributed by atoms with Gasteiger partial charge in [-0.25, -0.2) is 0 Å². The standard InChI is InChI=1S/C18H36NO3/c1-5-19(6-8-21-9-7-19)13-16(20)14-22-17-10-15(2)11-18(3,4)12-17/h15-17,20H,5-14H2,1-4H3/q+1/t15-,16+,17-/m0/s1. The van der Waals surface area contributed by atoms with Crippen molar-refractivity contribution in [2.75, 3.05) is 46.0 Å². The Labute approximate surface area is 136 Å². The smallest absolute Gasteiger partial charge is 0.126 e. The van der Waals surface area contributed by atoms with Crippen LogP contribution < -0.4 is 0 Å². The molecule has 0 bridgehead atoms. The van der Waals surface area contributed by atoms with Crippen molar-refractivity contribution in [2.45, 2.75) is 59.2 Å². The highest BCUT2D eigenvalue weighted by Crippen LogP contribution is 2.39. The summed E-state index contributed by atoms with van der Waals surface area (Å²) in [6, 6.07) is 0. The molecule has 3 atom stereocenters. The Balaban J connectivity index is 1.78. The molecule has 0 unspecified atom stereocenters. The van der Waals surface area contributed by atoms with Crippen molar-refractivity contribution in [1.29, 1.82) is 0 Å². The topological polar surface area (TPSA) is 38.7 Å². The van der Waals surface area contributed by atoms with Gasteiger partial charge in [0.25, 0.3) is 0 Å². The molecule has 0 aromatic carbocycles. The molecule has 1 saturated carbocycles. The molecule has 2 rings (SSSR count). The Bertz CT molecular complexity index is 339. The lowest BCUT2D eigenvalue weighted by molar-refractivity contribution is -0.936. The summed E-state index contributed by atoms with van der Waals surface area (Å²) in [4.78, 5) is 0. The summed E-state index contributed by atoms with van der Waals surface area (Å²) in [5.41, 5.74) is 0.370. The van der Waals surface area contributed by atoms with Gasteiger partial charge in [-0.3, -0.25) is 0 Å². The van der Waals surface area contributed by atoms with Crippen LogP contribution in [0.3, 0.4) is 0 Å². The maximum atomic E-state index is 10.4. The fraction of sp³-hybridized carbons (Fsp3) is 1.00. The zero-order valence-corrected chi connectivity index (χ0v) is 15.0. The minimum Gasteiger partial charge on any atom is -0.385 e. The monoisotopic (exact) mass is 314 g/mol. The largest absolute Gasteiger partial charge is 0.385 e. The molecule has 4 heteroatoms. The fourth-order valence-corrected chi connectivity index (χ4v) is 4.49. The van der Waals surface area contributed by atoms with Gasteiger partial charge in [-0.05, 0) is 37.5 Å². The van der Waals surface area contributed by atoms with Gasteiger partial charge in [0.05, 0.1) is 32.5 Å². The Hall–Kier alpha value is -0.160. The first-order valence-electron chi connectivity index (χ1n) is 9.07. The molecule has 1 aliphatic heterocycles. The number of likely N-dealkylation sites (N-methyl/N-ethyl adjacent to an activating group) is 1. The maximum absolute atomic E-state index is 10.4. The molecule has 0 spiro atoms. The molecule has 2 fully saturated rings. The van der Waals surface area contributed by atoms with Crippen LogP contribution >= 0.6 is 0 Å². The maximum Gasteiger partial charge on any atom is 0.126 e. The summed E-state index contributed by atoms with van der Waals surface area (Å²) in [6.45, 7) is 15.2. The van der Waals surface area contributed by atoms with Crippen LogP contribution in [0.25, 0.3) is 0 Å². The van der Waals surface area contributed by atoms with Gasteiger partial charge in [-0.2, -0.15) is 0 Å². The van der Waals surface area contributed by atoms with E-state index in [0.717, 1.165) is 62.6 Å². The van der Waals surface area contributed by atoms with Crippen molar-refractivity contribution in [1.82, 2.24) is 0 Å². The summed E-state index contributed by atoms with van der Waals surface area (Å²) in [5.74, 6) is 0.721. The molecule has 4 nitrogen and oxygen atoms in total. The van der Waals surface area contributed by atoms with E-state index in [4.69, 9.17) is 9.47 Å². The Morgan fingerprint density at radius 1 is 1.27 bits per heavy atom. The van der Waals surface area contributed by atoms with Crippen LogP contribution in [0, 0.1) is 11.3 Å². The van der Waals surface area contributed by atoms with Crippen molar-refractivity contribution >= 4 is 0 Å². The van der Waals surface area contributed by atoms with Gasteiger partial charge in [0.2, 0.25) is 0 Å². The Kier molecular flexibility index (Phi) is 6.29. The van der Waals surface area contributed by atoms with Crippen LogP contribution in [0.5, 0.6) is 0 Å². The molecular formula is C18H36NO3+. The van der Waals surface area contributed by atoms with E-state index in [-0.39, 0.29) is 6.10 Å². The highest BCUT2D eigenvalue weighted by atomic mass is 16.5. The lowest BCUT2D eigenvalue weighted by Gasteiger charge is -2.42. The number of aliphatic hydroxyl groups is 1. The van der Waals surface area contributed by atoms with Crippen LogP contribution in [-0.4, -0.2) is 67.8 Å². The van der Waals surface area contributed by atoms with Crippen LogP contribution in [0.4, 0.5) is 0 Å². The molecule has 1 heterocycles. The van der Waals surface area contributed by atoms with Gasteiger partial charge in [-0.1, -0.05) is 20.8 Å². The predicted molar refractivity (Wildman–Crippen MR) is 88.8 cm³/mol. The average Bonchev–Trinajstić information content (AvgIpc) is 2.44. The van der Waals surface area contributed by atoms with Crippen molar-refractivity contribution in [3.05, 3.63) is 0 Å². The second-order valence-corrected chi connectivity index (χ2v) is 8.42. The van der Waals surface area contributed by atoms with Crippen LogP contribution in [0.2, 0.25) is 0 Å². The number of aliphatic hydroxyl groups excluding tert-OH is 1. The number of nitrogens with zero attached hydrogens (tertiary/aromatic N) is 1. The zero-order valence-electron chi connectivity index (χ0n) is 15.0. The van der Waals surface area contributed by atoms with Gasteiger partial charge in [-0.15, -0.1) is 0 Å². The lowest BCUT2D eigenvalue weighted by atomic mass is 9.71. The first kappa shape index (κ1) is 18.2. The van der Waals surface area contributed by atoms with E-state index in [1.807, 2.05) is 0 Å². The van der Waals surface area contributed by atoms with Gasteiger partial charge >= 0.3 is 0 Å². The van der Waals surface area contributed by atoms with Gasteiger partial charge in [0.15, 0.2) is 0 Å². The minimum absolute atomic E-state index is 0.313. The van der Waals surface area contributed by atoms with E-state index in [1.54, 1.807) is 0 Å². The average molecular weight is 314 g/mol. The van der Waals surface area contributed by atoms with E-state index < -0.39 is 0 Å². The van der Waals surface area contributed by atoms with Crippen molar-refractivity contribution in [3.63, 3.8) is 0 Å². The van der Waals surface area contributed by atoms with Gasteiger partial charge in [0, 0.05) is 0 Å². The summed E-state index contributed by atoms with van der Waals surface area (Å²) in [5, 5.41) is 10.4. The van der Waals surface area contributed by atoms with Gasteiger partial charge in [0.1, 0.15) is 25.7 Å². The second kappa shape index (κ2) is 7.61. The highest BCUT2D eigenvalue weighted by Gasteiger charge is 2.34. The molecule has 0 radical (unpaired) electrons. The minimum atomic E-state index is -0.363. The molecule has 1 aliphatic carbocycles. The molecule has 2 aliphatic rings. The molecule has 1 saturated heterocycles. The molecule has 1 N–H and O–H groups in total. The third kappa shape index (κ3) is 5.19. The van der Waals surface area contributed by atoms with E-state index in [1.165, 1.54) is 6.42 Å². The Morgan fingerprint density at radius 3 is 2.55 bits per heavy atom. The number of hydrogen-bond donors (Lipinski definition) is 1. The third-order valence-electron chi connectivity index (χ3n) is 5.56. The molecule has 0 aromatic heterocycles. The van der Waals surface area contributed by atoms with E-state index in [0.29, 0.717) is 18.1 Å². The van der Waals surface area contributed by atoms with Crippen LogP contribution in [0.1, 0.15) is 47.0 Å². The quantitative estimate of drug-likeness (QED) is 0.765. The predicted octanol–water partition coefficient (Wildman–Crippen LogP) is 2.45. The number of ether oxygens (including phenoxy) is 2. The number of rotatable bonds is 6. The van der Waals surface area contributed by atoms with Crippen molar-refractivity contribution < 1.29 is 19.1 Å². The number of quaternary nitrogens is 1. The third-order valence-corrected chi connectivity index (χ3v) is 5.56. The molecule has 0 aromatic rings. The molecule has 130 valence electrons. The van der Waals surface area contributed by atoms with Crippen molar-refractivity contribution in [2.24, 2.45) is 11.3 Å². The summed E-state index contributed by atoms with van der Waals surface area (Å²) >= 11 is 0. The van der Waals surface area contributed by atoms with Gasteiger partial charge < -0.3 is 19.1 Å². The highest BCUT2D eigenvalue weighted by molar-refractivity contribution is 4.83. The molecular weight excluding hydrogens is 278 g/mol. The number of morpholine rings is 1. The normalized spacial score (nSPS) is 32.6. The van der Waals surface area contributed by atoms with Crippen LogP contribution in [-0.2, 0) is 9.47 Å². The SMILES string of the molecule is CC[N+]1(C[C@@H](O)CO[C@H]2C[C@H](C)CC(C)(C)C2)CCOCC1. The molecule has 0 amide bonds. The first-order valence-corrected chi connectivity index (χ1v) is 9.07. The van der Waals surface area contributed by atoms with E-state index >= 15 is 0 Å². The molecule has 22 heavy (non-hydrogen) atoms. The lowest BCUT2D eigenvalue weighted by Crippen LogP contribution is -2.58. The summed E-state index contributed by atoms with van der Waals surface area (Å²) < 4.78 is 12.5. The number of hydrogen-bond acceptors (Lipinski definition) is 3.